The molecular weight excluding hydrogens is 350 g/mol. The standard InChI is InChI=1S/C22H23N5O/c28-22(27-14-12-26(13-15-27)21-8-4-5-11-23-21)20-10-9-19(17-25-20)24-16-18-6-2-1-3-7-18/h1-11,17,24H,12-16H2. The average Bonchev–Trinajstić information content (AvgIpc) is 2.79. The van der Waals surface area contributed by atoms with Crippen molar-refractivity contribution in [3.05, 3.63) is 84.3 Å². The first-order valence-corrected chi connectivity index (χ1v) is 9.49. The molecule has 1 aliphatic rings. The lowest BCUT2D eigenvalue weighted by molar-refractivity contribution is 0.0740. The Kier molecular flexibility index (Phi) is 5.47. The number of hydrogen-bond donors (Lipinski definition) is 1. The molecule has 2 aromatic heterocycles. The molecule has 0 atom stereocenters. The van der Waals surface area contributed by atoms with Gasteiger partial charge in [-0.1, -0.05) is 36.4 Å². The minimum absolute atomic E-state index is 0.0183. The maximum atomic E-state index is 12.7. The summed E-state index contributed by atoms with van der Waals surface area (Å²) in [6.07, 6.45) is 3.52. The Balaban J connectivity index is 1.31. The predicted octanol–water partition coefficient (Wildman–Crippen LogP) is 3.05. The first kappa shape index (κ1) is 18.0. The third-order valence-corrected chi connectivity index (χ3v) is 4.86. The Morgan fingerprint density at radius 2 is 1.68 bits per heavy atom. The van der Waals surface area contributed by atoms with Crippen LogP contribution in [-0.2, 0) is 6.54 Å². The number of nitrogens with zero attached hydrogens (tertiary/aromatic N) is 4. The van der Waals surface area contributed by atoms with E-state index in [1.165, 1.54) is 5.56 Å². The van der Waals surface area contributed by atoms with Gasteiger partial charge in [0.2, 0.25) is 0 Å². The lowest BCUT2D eigenvalue weighted by Crippen LogP contribution is -2.49. The van der Waals surface area contributed by atoms with Crippen LogP contribution in [0.5, 0.6) is 0 Å². The molecule has 1 aliphatic heterocycles. The highest BCUT2D eigenvalue weighted by molar-refractivity contribution is 5.92. The monoisotopic (exact) mass is 373 g/mol. The molecule has 1 fully saturated rings. The summed E-state index contributed by atoms with van der Waals surface area (Å²) < 4.78 is 0. The molecule has 0 saturated carbocycles. The SMILES string of the molecule is O=C(c1ccc(NCc2ccccc2)cn1)N1CCN(c2ccccn2)CC1. The second-order valence-corrected chi connectivity index (χ2v) is 6.74. The molecule has 142 valence electrons. The number of piperazine rings is 1. The van der Waals surface area contributed by atoms with Crippen LogP contribution in [0.4, 0.5) is 11.5 Å². The predicted molar refractivity (Wildman–Crippen MR) is 110 cm³/mol. The zero-order valence-corrected chi connectivity index (χ0v) is 15.7. The fourth-order valence-electron chi connectivity index (χ4n) is 3.27. The lowest BCUT2D eigenvalue weighted by atomic mass is 10.2. The molecule has 1 saturated heterocycles. The zero-order chi connectivity index (χ0) is 19.2. The Hall–Kier alpha value is -3.41. The highest BCUT2D eigenvalue weighted by Crippen LogP contribution is 2.15. The van der Waals surface area contributed by atoms with Gasteiger partial charge >= 0.3 is 0 Å². The van der Waals surface area contributed by atoms with Crippen LogP contribution < -0.4 is 10.2 Å². The van der Waals surface area contributed by atoms with Crippen LogP contribution >= 0.6 is 0 Å². The van der Waals surface area contributed by atoms with Crippen LogP contribution in [0.15, 0.2) is 73.1 Å². The summed E-state index contributed by atoms with van der Waals surface area (Å²) in [5.41, 5.74) is 2.59. The van der Waals surface area contributed by atoms with Crippen molar-refractivity contribution in [1.29, 1.82) is 0 Å². The molecule has 6 heteroatoms. The topological polar surface area (TPSA) is 61.4 Å². The fourth-order valence-corrected chi connectivity index (χ4v) is 3.27. The van der Waals surface area contributed by atoms with Crippen LogP contribution in [0, 0.1) is 0 Å². The van der Waals surface area contributed by atoms with Gasteiger partial charge < -0.3 is 15.1 Å². The molecule has 1 aromatic carbocycles. The molecule has 0 spiro atoms. The molecule has 3 aromatic rings. The van der Waals surface area contributed by atoms with Crippen molar-refractivity contribution < 1.29 is 4.79 Å². The van der Waals surface area contributed by atoms with Gasteiger partial charge in [0, 0.05) is 38.9 Å². The smallest absolute Gasteiger partial charge is 0.272 e. The molecule has 1 N–H and O–H groups in total. The van der Waals surface area contributed by atoms with Gasteiger partial charge in [-0.3, -0.25) is 4.79 Å². The maximum Gasteiger partial charge on any atom is 0.272 e. The Morgan fingerprint density at radius 3 is 2.36 bits per heavy atom. The van der Waals surface area contributed by atoms with Gasteiger partial charge in [0.15, 0.2) is 0 Å². The van der Waals surface area contributed by atoms with Gasteiger partial charge in [-0.15, -0.1) is 0 Å². The number of pyridine rings is 2. The average molecular weight is 373 g/mol. The van der Waals surface area contributed by atoms with Crippen LogP contribution in [0.25, 0.3) is 0 Å². The van der Waals surface area contributed by atoms with E-state index in [2.05, 4.69) is 32.3 Å². The zero-order valence-electron chi connectivity index (χ0n) is 15.7. The van der Waals surface area contributed by atoms with Crippen molar-refractivity contribution in [3.8, 4) is 0 Å². The van der Waals surface area contributed by atoms with Crippen molar-refractivity contribution >= 4 is 17.4 Å². The molecule has 0 unspecified atom stereocenters. The third-order valence-electron chi connectivity index (χ3n) is 4.86. The van der Waals surface area contributed by atoms with Crippen molar-refractivity contribution in [2.75, 3.05) is 36.4 Å². The molecule has 4 rings (SSSR count). The van der Waals surface area contributed by atoms with E-state index in [4.69, 9.17) is 0 Å². The molecule has 1 amide bonds. The first-order chi connectivity index (χ1) is 13.8. The molecule has 6 nitrogen and oxygen atoms in total. The van der Waals surface area contributed by atoms with E-state index < -0.39 is 0 Å². The second kappa shape index (κ2) is 8.52. The summed E-state index contributed by atoms with van der Waals surface area (Å²) >= 11 is 0. The van der Waals surface area contributed by atoms with Crippen molar-refractivity contribution in [1.82, 2.24) is 14.9 Å². The number of benzene rings is 1. The van der Waals surface area contributed by atoms with E-state index in [1.54, 1.807) is 18.5 Å². The van der Waals surface area contributed by atoms with Crippen molar-refractivity contribution in [2.24, 2.45) is 0 Å². The lowest BCUT2D eigenvalue weighted by Gasteiger charge is -2.35. The third kappa shape index (κ3) is 4.28. The Bertz CT molecular complexity index is 891. The highest BCUT2D eigenvalue weighted by atomic mass is 16.2. The summed E-state index contributed by atoms with van der Waals surface area (Å²) in [6, 6.07) is 19.8. The van der Waals surface area contributed by atoms with Gasteiger partial charge in [-0.25, -0.2) is 9.97 Å². The molecule has 0 radical (unpaired) electrons. The van der Waals surface area contributed by atoms with E-state index >= 15 is 0 Å². The molecular formula is C22H23N5O. The maximum absolute atomic E-state index is 12.7. The van der Waals surface area contributed by atoms with E-state index in [-0.39, 0.29) is 5.91 Å². The Labute approximate surface area is 164 Å². The van der Waals surface area contributed by atoms with Gasteiger partial charge in [0.25, 0.3) is 5.91 Å². The van der Waals surface area contributed by atoms with Gasteiger partial charge in [-0.05, 0) is 29.8 Å². The number of aromatic nitrogens is 2. The van der Waals surface area contributed by atoms with E-state index in [0.29, 0.717) is 18.8 Å². The summed E-state index contributed by atoms with van der Waals surface area (Å²) in [5.74, 6) is 0.942. The number of rotatable bonds is 5. The molecule has 0 bridgehead atoms. The van der Waals surface area contributed by atoms with Gasteiger partial charge in [-0.2, -0.15) is 0 Å². The minimum atomic E-state index is -0.0183. The second-order valence-electron chi connectivity index (χ2n) is 6.74. The Morgan fingerprint density at radius 1 is 0.893 bits per heavy atom. The van der Waals surface area contributed by atoms with Crippen LogP contribution in [0.3, 0.4) is 0 Å². The fraction of sp³-hybridized carbons (Fsp3) is 0.227. The number of amides is 1. The quantitative estimate of drug-likeness (QED) is 0.745. The minimum Gasteiger partial charge on any atom is -0.380 e. The van der Waals surface area contributed by atoms with E-state index in [9.17, 15) is 4.79 Å². The van der Waals surface area contributed by atoms with E-state index in [1.807, 2.05) is 47.4 Å². The van der Waals surface area contributed by atoms with Crippen molar-refractivity contribution in [3.63, 3.8) is 0 Å². The van der Waals surface area contributed by atoms with Gasteiger partial charge in [0.1, 0.15) is 11.5 Å². The largest absolute Gasteiger partial charge is 0.380 e. The van der Waals surface area contributed by atoms with E-state index in [0.717, 1.165) is 31.1 Å². The number of carbonyl (C=O) groups excluding carboxylic acids is 1. The highest BCUT2D eigenvalue weighted by Gasteiger charge is 2.23. The molecule has 0 aliphatic carbocycles. The molecule has 28 heavy (non-hydrogen) atoms. The van der Waals surface area contributed by atoms with Crippen LogP contribution in [0.1, 0.15) is 16.1 Å². The number of anilines is 2. The number of hydrogen-bond acceptors (Lipinski definition) is 5. The molecule has 3 heterocycles. The summed E-state index contributed by atoms with van der Waals surface area (Å²) in [5, 5.41) is 3.33. The summed E-state index contributed by atoms with van der Waals surface area (Å²) in [4.78, 5) is 25.6. The van der Waals surface area contributed by atoms with Crippen molar-refractivity contribution in [2.45, 2.75) is 6.54 Å². The van der Waals surface area contributed by atoms with Crippen LogP contribution in [0.2, 0.25) is 0 Å². The van der Waals surface area contributed by atoms with Crippen LogP contribution in [-0.4, -0.2) is 47.0 Å². The number of nitrogens with one attached hydrogen (secondary N) is 1. The number of carbonyl (C=O) groups is 1. The normalized spacial score (nSPS) is 14.0. The summed E-state index contributed by atoms with van der Waals surface area (Å²) in [7, 11) is 0. The van der Waals surface area contributed by atoms with Gasteiger partial charge in [0.05, 0.1) is 11.9 Å². The first-order valence-electron chi connectivity index (χ1n) is 9.49. The summed E-state index contributed by atoms with van der Waals surface area (Å²) in [6.45, 7) is 3.63.